The van der Waals surface area contributed by atoms with Crippen LogP contribution in [0.4, 0.5) is 19.1 Å². The Bertz CT molecular complexity index is 1110. The summed E-state index contributed by atoms with van der Waals surface area (Å²) in [7, 11) is 1.84. The van der Waals surface area contributed by atoms with E-state index in [0.717, 1.165) is 5.56 Å². The van der Waals surface area contributed by atoms with E-state index in [2.05, 4.69) is 20.1 Å². The molecular weight excluding hydrogens is 411 g/mol. The predicted octanol–water partition coefficient (Wildman–Crippen LogP) is 3.10. The van der Waals surface area contributed by atoms with Crippen molar-refractivity contribution in [3.8, 4) is 0 Å². The van der Waals surface area contributed by atoms with Gasteiger partial charge in [0.25, 0.3) is 0 Å². The lowest BCUT2D eigenvalue weighted by Gasteiger charge is -2.37. The zero-order valence-electron chi connectivity index (χ0n) is 17.2. The number of nitrogens with zero attached hydrogens (tertiary/aromatic N) is 7. The molecule has 0 N–H and O–H groups in total. The first kappa shape index (κ1) is 20.1. The molecule has 2 fully saturated rings. The van der Waals surface area contributed by atoms with Gasteiger partial charge in [-0.1, -0.05) is 0 Å². The van der Waals surface area contributed by atoms with Crippen molar-refractivity contribution in [2.24, 2.45) is 13.0 Å². The smallest absolute Gasteiger partial charge is 0.370 e. The molecule has 31 heavy (non-hydrogen) atoms. The van der Waals surface area contributed by atoms with Crippen LogP contribution in [0.15, 0.2) is 18.6 Å². The topological polar surface area (TPSA) is 81.9 Å². The third-order valence-corrected chi connectivity index (χ3v) is 5.98. The molecule has 1 saturated carbocycles. The summed E-state index contributed by atoms with van der Waals surface area (Å²) in [5.74, 6) is -1.14. The van der Waals surface area contributed by atoms with Crippen LogP contribution in [0.25, 0.3) is 11.2 Å². The standard InChI is InChI=1S/C20H22F3N7O/c1-11-7-24-17-16(12-5-14(6-12)20(21,22)23)27-19(28-18(17)26-11)30-3-4-31-15(10-30)13-8-25-29(2)9-13/h7-9,12,14-15H,3-6,10H2,1-2H3/t12-,14-,15-/m1/s1. The number of alkyl halides is 3. The lowest BCUT2D eigenvalue weighted by molar-refractivity contribution is -0.197. The van der Waals surface area contributed by atoms with Gasteiger partial charge in [-0.3, -0.25) is 4.68 Å². The monoisotopic (exact) mass is 433 g/mol. The highest BCUT2D eigenvalue weighted by Crippen LogP contribution is 2.50. The summed E-state index contributed by atoms with van der Waals surface area (Å²) in [6, 6.07) is 0. The normalized spacial score (nSPS) is 24.4. The molecule has 3 aromatic rings. The Hall–Kier alpha value is -2.82. The van der Waals surface area contributed by atoms with Crippen LogP contribution in [-0.4, -0.2) is 55.6 Å². The molecule has 5 rings (SSSR count). The minimum atomic E-state index is -4.18. The molecule has 3 aromatic heterocycles. The molecule has 164 valence electrons. The average molecular weight is 433 g/mol. The third kappa shape index (κ3) is 3.82. The molecule has 0 radical (unpaired) electrons. The van der Waals surface area contributed by atoms with Crippen LogP contribution in [0, 0.1) is 12.8 Å². The molecule has 2 aliphatic rings. The van der Waals surface area contributed by atoms with E-state index in [0.29, 0.717) is 48.2 Å². The van der Waals surface area contributed by atoms with Gasteiger partial charge in [-0.05, 0) is 19.8 Å². The first-order valence-electron chi connectivity index (χ1n) is 10.2. The number of fused-ring (bicyclic) bond motifs is 1. The molecule has 0 amide bonds. The van der Waals surface area contributed by atoms with E-state index in [4.69, 9.17) is 9.72 Å². The van der Waals surface area contributed by atoms with Gasteiger partial charge in [0, 0.05) is 37.5 Å². The summed E-state index contributed by atoms with van der Waals surface area (Å²) in [5, 5.41) is 4.20. The van der Waals surface area contributed by atoms with Gasteiger partial charge in [0.15, 0.2) is 5.65 Å². The molecule has 0 unspecified atom stereocenters. The molecule has 11 heteroatoms. The maximum atomic E-state index is 13.0. The van der Waals surface area contributed by atoms with E-state index in [-0.39, 0.29) is 24.9 Å². The van der Waals surface area contributed by atoms with Gasteiger partial charge in [-0.25, -0.2) is 15.0 Å². The van der Waals surface area contributed by atoms with Crippen LogP contribution in [0.2, 0.25) is 0 Å². The quantitative estimate of drug-likeness (QED) is 0.628. The Labute approximate surface area is 176 Å². The maximum Gasteiger partial charge on any atom is 0.391 e. The van der Waals surface area contributed by atoms with E-state index >= 15 is 0 Å². The predicted molar refractivity (Wildman–Crippen MR) is 105 cm³/mol. The number of morpholine rings is 1. The van der Waals surface area contributed by atoms with Crippen LogP contribution in [0.3, 0.4) is 0 Å². The van der Waals surface area contributed by atoms with Gasteiger partial charge >= 0.3 is 6.18 Å². The summed E-state index contributed by atoms with van der Waals surface area (Å²) < 4.78 is 46.7. The number of anilines is 1. The van der Waals surface area contributed by atoms with Crippen LogP contribution >= 0.6 is 0 Å². The van der Waals surface area contributed by atoms with E-state index in [1.54, 1.807) is 17.1 Å². The zero-order valence-corrected chi connectivity index (χ0v) is 17.2. The van der Waals surface area contributed by atoms with Crippen LogP contribution in [0.5, 0.6) is 0 Å². The van der Waals surface area contributed by atoms with Crippen molar-refractivity contribution >= 4 is 17.1 Å². The molecule has 0 spiro atoms. The fourth-order valence-corrected chi connectivity index (χ4v) is 4.18. The van der Waals surface area contributed by atoms with Gasteiger partial charge < -0.3 is 9.64 Å². The minimum Gasteiger partial charge on any atom is -0.370 e. The highest BCUT2D eigenvalue weighted by Gasteiger charge is 2.49. The number of hydrogen-bond donors (Lipinski definition) is 0. The van der Waals surface area contributed by atoms with E-state index in [9.17, 15) is 13.2 Å². The minimum absolute atomic E-state index is 0.0199. The number of hydrogen-bond acceptors (Lipinski definition) is 7. The van der Waals surface area contributed by atoms with Crippen LogP contribution < -0.4 is 4.90 Å². The number of aromatic nitrogens is 6. The second-order valence-electron chi connectivity index (χ2n) is 8.25. The summed E-state index contributed by atoms with van der Waals surface area (Å²) in [4.78, 5) is 20.2. The van der Waals surface area contributed by atoms with E-state index in [1.807, 2.05) is 25.1 Å². The number of ether oxygens (including phenoxy) is 1. The van der Waals surface area contributed by atoms with Gasteiger partial charge in [0.2, 0.25) is 5.95 Å². The van der Waals surface area contributed by atoms with Crippen LogP contribution in [-0.2, 0) is 11.8 Å². The van der Waals surface area contributed by atoms with Crippen molar-refractivity contribution in [3.05, 3.63) is 35.5 Å². The Kier molecular flexibility index (Phi) is 4.80. The largest absolute Gasteiger partial charge is 0.391 e. The van der Waals surface area contributed by atoms with Crippen molar-refractivity contribution in [1.82, 2.24) is 29.7 Å². The fourth-order valence-electron chi connectivity index (χ4n) is 4.18. The first-order chi connectivity index (χ1) is 14.8. The van der Waals surface area contributed by atoms with Crippen LogP contribution in [0.1, 0.15) is 41.8 Å². The fraction of sp³-hybridized carbons (Fsp3) is 0.550. The molecular formula is C20H22F3N7O. The van der Waals surface area contributed by atoms with Crippen molar-refractivity contribution in [2.75, 3.05) is 24.6 Å². The van der Waals surface area contributed by atoms with Gasteiger partial charge in [-0.15, -0.1) is 0 Å². The SMILES string of the molecule is Cc1cnc2c(n1)nc(N1CCO[C@@H](c3cnn(C)c3)C1)nc2[C@H]1C[C@H](C(F)(F)F)C1. The zero-order chi connectivity index (χ0) is 21.8. The summed E-state index contributed by atoms with van der Waals surface area (Å²) in [6.45, 7) is 3.39. The average Bonchev–Trinajstić information content (AvgIpc) is 3.12. The van der Waals surface area contributed by atoms with Crippen molar-refractivity contribution in [2.45, 2.75) is 38.0 Å². The highest BCUT2D eigenvalue weighted by molar-refractivity contribution is 5.74. The number of halogens is 3. The Morgan fingerprint density at radius 2 is 1.94 bits per heavy atom. The molecule has 8 nitrogen and oxygen atoms in total. The lowest BCUT2D eigenvalue weighted by Crippen LogP contribution is -2.40. The highest BCUT2D eigenvalue weighted by atomic mass is 19.4. The summed E-state index contributed by atoms with van der Waals surface area (Å²) in [6.07, 6.45) is 0.945. The second kappa shape index (κ2) is 7.40. The molecule has 1 saturated heterocycles. The van der Waals surface area contributed by atoms with Gasteiger partial charge in [0.1, 0.15) is 11.6 Å². The maximum absolute atomic E-state index is 13.0. The van der Waals surface area contributed by atoms with E-state index in [1.165, 1.54) is 0 Å². The Morgan fingerprint density at radius 1 is 1.13 bits per heavy atom. The molecule has 4 heterocycles. The van der Waals surface area contributed by atoms with Gasteiger partial charge in [0.05, 0.1) is 36.7 Å². The van der Waals surface area contributed by atoms with Crippen molar-refractivity contribution < 1.29 is 17.9 Å². The first-order valence-corrected chi connectivity index (χ1v) is 10.2. The van der Waals surface area contributed by atoms with E-state index < -0.39 is 12.1 Å². The second-order valence-corrected chi connectivity index (χ2v) is 8.25. The Morgan fingerprint density at radius 3 is 2.65 bits per heavy atom. The molecule has 0 bridgehead atoms. The summed E-state index contributed by atoms with van der Waals surface area (Å²) >= 11 is 0. The summed E-state index contributed by atoms with van der Waals surface area (Å²) in [5.41, 5.74) is 3.10. The Balaban J connectivity index is 1.47. The van der Waals surface area contributed by atoms with Gasteiger partial charge in [-0.2, -0.15) is 23.3 Å². The number of aryl methyl sites for hydroxylation is 2. The molecule has 1 aliphatic carbocycles. The molecule has 0 aromatic carbocycles. The third-order valence-electron chi connectivity index (χ3n) is 5.98. The lowest BCUT2D eigenvalue weighted by atomic mass is 9.72. The molecule has 1 atom stereocenters. The van der Waals surface area contributed by atoms with Crippen molar-refractivity contribution in [3.63, 3.8) is 0 Å². The molecule has 1 aliphatic heterocycles. The van der Waals surface area contributed by atoms with Crippen molar-refractivity contribution in [1.29, 1.82) is 0 Å². The number of rotatable bonds is 3.